The lowest BCUT2D eigenvalue weighted by Gasteiger charge is -2.36. The van der Waals surface area contributed by atoms with Gasteiger partial charge in [0.1, 0.15) is 0 Å². The molecule has 0 aromatic heterocycles. The van der Waals surface area contributed by atoms with Crippen molar-refractivity contribution in [3.63, 3.8) is 0 Å². The first-order valence-electron chi connectivity index (χ1n) is 6.44. The van der Waals surface area contributed by atoms with Crippen molar-refractivity contribution in [2.24, 2.45) is 11.8 Å². The molecule has 1 aliphatic rings. The first-order chi connectivity index (χ1) is 7.69. The zero-order chi connectivity index (χ0) is 12.0. The number of hydrogen-bond acceptors (Lipinski definition) is 3. The van der Waals surface area contributed by atoms with E-state index >= 15 is 0 Å². The van der Waals surface area contributed by atoms with Crippen LogP contribution in [0.2, 0.25) is 0 Å². The third-order valence-corrected chi connectivity index (χ3v) is 3.81. The van der Waals surface area contributed by atoms with Gasteiger partial charge in [-0.15, -0.1) is 0 Å². The van der Waals surface area contributed by atoms with Gasteiger partial charge < -0.3 is 14.8 Å². The van der Waals surface area contributed by atoms with Gasteiger partial charge in [-0.1, -0.05) is 20.3 Å². The summed E-state index contributed by atoms with van der Waals surface area (Å²) in [5.41, 5.74) is 0. The molecular formula is C13H27NO2. The minimum atomic E-state index is 0.173. The molecule has 1 rings (SSSR count). The Hall–Kier alpha value is -0.120. The molecule has 0 aromatic rings. The molecule has 1 saturated carbocycles. The normalized spacial score (nSPS) is 32.6. The number of methoxy groups -OCH3 is 2. The average molecular weight is 229 g/mol. The van der Waals surface area contributed by atoms with Crippen molar-refractivity contribution in [2.75, 3.05) is 27.4 Å². The lowest BCUT2D eigenvalue weighted by Crippen LogP contribution is -2.46. The molecule has 1 aliphatic carbocycles. The predicted octanol–water partition coefficient (Wildman–Crippen LogP) is 2.06. The summed E-state index contributed by atoms with van der Waals surface area (Å²) < 4.78 is 10.5. The van der Waals surface area contributed by atoms with Crippen molar-refractivity contribution in [1.29, 1.82) is 0 Å². The second-order valence-electron chi connectivity index (χ2n) is 5.13. The summed E-state index contributed by atoms with van der Waals surface area (Å²) in [5.74, 6) is 1.56. The Morgan fingerprint density at radius 3 is 2.31 bits per heavy atom. The summed E-state index contributed by atoms with van der Waals surface area (Å²) in [4.78, 5) is 0. The van der Waals surface area contributed by atoms with Crippen LogP contribution in [0.25, 0.3) is 0 Å². The number of rotatable bonds is 6. The zero-order valence-electron chi connectivity index (χ0n) is 11.2. The number of nitrogens with one attached hydrogen (secondary N) is 1. The van der Waals surface area contributed by atoms with E-state index < -0.39 is 0 Å². The Balaban J connectivity index is 2.33. The van der Waals surface area contributed by atoms with Crippen LogP contribution in [0.1, 0.15) is 33.1 Å². The summed E-state index contributed by atoms with van der Waals surface area (Å²) in [7, 11) is 3.47. The van der Waals surface area contributed by atoms with E-state index in [4.69, 9.17) is 9.47 Å². The summed E-state index contributed by atoms with van der Waals surface area (Å²) >= 11 is 0. The second kappa shape index (κ2) is 7.25. The Morgan fingerprint density at radius 1 is 1.19 bits per heavy atom. The van der Waals surface area contributed by atoms with Gasteiger partial charge in [-0.25, -0.2) is 0 Å². The van der Waals surface area contributed by atoms with E-state index in [2.05, 4.69) is 19.2 Å². The highest BCUT2D eigenvalue weighted by Gasteiger charge is 2.27. The fraction of sp³-hybridized carbons (Fsp3) is 1.00. The maximum absolute atomic E-state index is 5.36. The Bertz CT molecular complexity index is 177. The second-order valence-corrected chi connectivity index (χ2v) is 5.13. The van der Waals surface area contributed by atoms with Gasteiger partial charge in [-0.3, -0.25) is 0 Å². The van der Waals surface area contributed by atoms with Gasteiger partial charge in [0.2, 0.25) is 0 Å². The van der Waals surface area contributed by atoms with E-state index in [1.54, 1.807) is 14.2 Å². The first kappa shape index (κ1) is 13.9. The van der Waals surface area contributed by atoms with Crippen molar-refractivity contribution in [3.05, 3.63) is 0 Å². The molecular weight excluding hydrogens is 202 g/mol. The third kappa shape index (κ3) is 4.04. The average Bonchev–Trinajstić information content (AvgIpc) is 2.27. The maximum atomic E-state index is 5.36. The summed E-state index contributed by atoms with van der Waals surface area (Å²) in [5, 5.41) is 3.65. The number of hydrogen-bond donors (Lipinski definition) is 1. The summed E-state index contributed by atoms with van der Waals surface area (Å²) in [6.45, 7) is 6.26. The van der Waals surface area contributed by atoms with Gasteiger partial charge in [-0.05, 0) is 24.7 Å². The quantitative estimate of drug-likeness (QED) is 0.756. The molecule has 3 heteroatoms. The summed E-state index contributed by atoms with van der Waals surface area (Å²) in [6, 6.07) is 0.642. The fourth-order valence-corrected chi connectivity index (χ4v) is 2.75. The zero-order valence-corrected chi connectivity index (χ0v) is 11.2. The van der Waals surface area contributed by atoms with Crippen LogP contribution < -0.4 is 5.32 Å². The molecule has 0 aromatic carbocycles. The standard InChI is InChI=1S/C13H27NO2/c1-10-6-5-7-11(2)13(10)14-8-12(16-4)9-15-3/h10-14H,5-9H2,1-4H3. The first-order valence-corrected chi connectivity index (χ1v) is 6.44. The van der Waals surface area contributed by atoms with Crippen molar-refractivity contribution >= 4 is 0 Å². The largest absolute Gasteiger partial charge is 0.382 e. The molecule has 0 bridgehead atoms. The Kier molecular flexibility index (Phi) is 6.32. The fourth-order valence-electron chi connectivity index (χ4n) is 2.75. The van der Waals surface area contributed by atoms with Crippen LogP contribution in [-0.4, -0.2) is 39.5 Å². The molecule has 0 radical (unpaired) electrons. The highest BCUT2D eigenvalue weighted by Crippen LogP contribution is 2.28. The minimum Gasteiger partial charge on any atom is -0.382 e. The van der Waals surface area contributed by atoms with Crippen LogP contribution in [0.15, 0.2) is 0 Å². The molecule has 3 nitrogen and oxygen atoms in total. The van der Waals surface area contributed by atoms with Gasteiger partial charge in [0.25, 0.3) is 0 Å². The Labute approximate surface area is 99.9 Å². The van der Waals surface area contributed by atoms with Crippen LogP contribution in [0, 0.1) is 11.8 Å². The van der Waals surface area contributed by atoms with Crippen molar-refractivity contribution in [1.82, 2.24) is 5.32 Å². The third-order valence-electron chi connectivity index (χ3n) is 3.81. The van der Waals surface area contributed by atoms with Crippen molar-refractivity contribution in [3.8, 4) is 0 Å². The van der Waals surface area contributed by atoms with Crippen LogP contribution in [0.3, 0.4) is 0 Å². The molecule has 0 amide bonds. The lowest BCUT2D eigenvalue weighted by atomic mass is 9.79. The molecule has 96 valence electrons. The summed E-state index contributed by atoms with van der Waals surface area (Å²) in [6.07, 6.45) is 4.26. The van der Waals surface area contributed by atoms with Crippen molar-refractivity contribution in [2.45, 2.75) is 45.3 Å². The molecule has 3 atom stereocenters. The predicted molar refractivity (Wildman–Crippen MR) is 66.6 cm³/mol. The van der Waals surface area contributed by atoms with Gasteiger partial charge in [0.05, 0.1) is 12.7 Å². The van der Waals surface area contributed by atoms with Gasteiger partial charge in [-0.2, -0.15) is 0 Å². The SMILES string of the molecule is COCC(CNC1C(C)CCCC1C)OC. The Morgan fingerprint density at radius 2 is 1.81 bits per heavy atom. The topological polar surface area (TPSA) is 30.5 Å². The van der Waals surface area contributed by atoms with Crippen LogP contribution in [-0.2, 0) is 9.47 Å². The minimum absolute atomic E-state index is 0.173. The van der Waals surface area contributed by atoms with E-state index in [1.165, 1.54) is 19.3 Å². The van der Waals surface area contributed by atoms with Crippen LogP contribution in [0.5, 0.6) is 0 Å². The van der Waals surface area contributed by atoms with Gasteiger partial charge in [0.15, 0.2) is 0 Å². The smallest absolute Gasteiger partial charge is 0.0928 e. The monoisotopic (exact) mass is 229 g/mol. The van der Waals surface area contributed by atoms with Crippen LogP contribution in [0.4, 0.5) is 0 Å². The lowest BCUT2D eigenvalue weighted by molar-refractivity contribution is 0.0234. The molecule has 0 heterocycles. The molecule has 3 unspecified atom stereocenters. The van der Waals surface area contributed by atoms with Crippen molar-refractivity contribution < 1.29 is 9.47 Å². The van der Waals surface area contributed by atoms with E-state index in [9.17, 15) is 0 Å². The van der Waals surface area contributed by atoms with E-state index in [0.29, 0.717) is 12.6 Å². The highest BCUT2D eigenvalue weighted by atomic mass is 16.5. The number of ether oxygens (including phenoxy) is 2. The molecule has 0 aliphatic heterocycles. The molecule has 0 saturated heterocycles. The maximum Gasteiger partial charge on any atom is 0.0928 e. The van der Waals surface area contributed by atoms with Crippen LogP contribution >= 0.6 is 0 Å². The molecule has 16 heavy (non-hydrogen) atoms. The highest BCUT2D eigenvalue weighted by molar-refractivity contribution is 4.84. The van der Waals surface area contributed by atoms with E-state index in [-0.39, 0.29) is 6.10 Å². The van der Waals surface area contributed by atoms with Gasteiger partial charge in [0, 0.05) is 26.8 Å². The molecule has 1 N–H and O–H groups in total. The van der Waals surface area contributed by atoms with Gasteiger partial charge >= 0.3 is 0 Å². The molecule has 1 fully saturated rings. The van der Waals surface area contributed by atoms with E-state index in [0.717, 1.165) is 18.4 Å². The van der Waals surface area contributed by atoms with E-state index in [1.807, 2.05) is 0 Å². The molecule has 0 spiro atoms.